The molecule has 0 saturated carbocycles. The van der Waals surface area contributed by atoms with Crippen LogP contribution in [0.4, 0.5) is 0 Å². The van der Waals surface area contributed by atoms with Gasteiger partial charge in [-0.1, -0.05) is 0 Å². The lowest BCUT2D eigenvalue weighted by Crippen LogP contribution is -2.27. The quantitative estimate of drug-likeness (QED) is 0.515. The van der Waals surface area contributed by atoms with Gasteiger partial charge in [0.15, 0.2) is 0 Å². The summed E-state index contributed by atoms with van der Waals surface area (Å²) in [6, 6.07) is 0. The van der Waals surface area contributed by atoms with Gasteiger partial charge in [0.1, 0.15) is 5.78 Å². The SMILES string of the molecule is O=C1CCCN(Br)C1. The number of piperidine rings is 1. The van der Waals surface area contributed by atoms with E-state index in [2.05, 4.69) is 16.1 Å². The molecular formula is C5H8BrNO. The highest BCUT2D eigenvalue weighted by Gasteiger charge is 2.12. The van der Waals surface area contributed by atoms with Crippen LogP contribution in [0.1, 0.15) is 12.8 Å². The highest BCUT2D eigenvalue weighted by atomic mass is 79.9. The van der Waals surface area contributed by atoms with E-state index in [1.807, 2.05) is 3.93 Å². The second-order valence-corrected chi connectivity index (χ2v) is 2.99. The van der Waals surface area contributed by atoms with Crippen LogP contribution >= 0.6 is 16.1 Å². The largest absolute Gasteiger partial charge is 0.298 e. The number of rotatable bonds is 0. The summed E-state index contributed by atoms with van der Waals surface area (Å²) < 4.78 is 1.87. The average Bonchev–Trinajstić information content (AvgIpc) is 1.64. The molecule has 0 aromatic heterocycles. The first-order valence-electron chi connectivity index (χ1n) is 2.71. The Labute approximate surface area is 57.2 Å². The zero-order valence-electron chi connectivity index (χ0n) is 4.56. The highest BCUT2D eigenvalue weighted by Crippen LogP contribution is 2.08. The lowest BCUT2D eigenvalue weighted by atomic mass is 10.1. The summed E-state index contributed by atoms with van der Waals surface area (Å²) in [4.78, 5) is 10.6. The van der Waals surface area contributed by atoms with Crippen molar-refractivity contribution in [3.8, 4) is 0 Å². The molecule has 0 amide bonds. The van der Waals surface area contributed by atoms with Gasteiger partial charge in [-0.15, -0.1) is 0 Å². The third kappa shape index (κ3) is 1.56. The van der Waals surface area contributed by atoms with Gasteiger partial charge < -0.3 is 0 Å². The van der Waals surface area contributed by atoms with E-state index in [0.29, 0.717) is 12.3 Å². The van der Waals surface area contributed by atoms with Crippen LogP contribution in [0.5, 0.6) is 0 Å². The van der Waals surface area contributed by atoms with E-state index < -0.39 is 0 Å². The standard InChI is InChI=1S/C5H8BrNO/c6-7-3-1-2-5(8)4-7/h1-4H2. The van der Waals surface area contributed by atoms with Crippen molar-refractivity contribution in [1.29, 1.82) is 0 Å². The number of carbonyl (C=O) groups is 1. The molecule has 0 bridgehead atoms. The van der Waals surface area contributed by atoms with Crippen molar-refractivity contribution in [2.75, 3.05) is 13.1 Å². The van der Waals surface area contributed by atoms with Gasteiger partial charge >= 0.3 is 0 Å². The molecule has 1 aliphatic rings. The van der Waals surface area contributed by atoms with Crippen LogP contribution in [0.2, 0.25) is 0 Å². The van der Waals surface area contributed by atoms with E-state index in [-0.39, 0.29) is 0 Å². The molecule has 1 fully saturated rings. The summed E-state index contributed by atoms with van der Waals surface area (Å²) in [5.74, 6) is 0.341. The third-order valence-corrected chi connectivity index (χ3v) is 1.81. The number of hydrogen-bond acceptors (Lipinski definition) is 2. The maximum Gasteiger partial charge on any atom is 0.147 e. The molecule has 1 aliphatic heterocycles. The predicted octanol–water partition coefficient (Wildman–Crippen LogP) is 0.961. The second-order valence-electron chi connectivity index (χ2n) is 1.99. The maximum absolute atomic E-state index is 10.6. The van der Waals surface area contributed by atoms with Crippen molar-refractivity contribution in [2.24, 2.45) is 0 Å². The van der Waals surface area contributed by atoms with Crippen LogP contribution < -0.4 is 0 Å². The molecule has 1 heterocycles. The van der Waals surface area contributed by atoms with Crippen molar-refractivity contribution in [3.63, 3.8) is 0 Å². The summed E-state index contributed by atoms with van der Waals surface area (Å²) in [5, 5.41) is 0. The Morgan fingerprint density at radius 2 is 2.38 bits per heavy atom. The Bertz CT molecular complexity index is 105. The molecule has 8 heavy (non-hydrogen) atoms. The Morgan fingerprint density at radius 3 is 2.75 bits per heavy atom. The van der Waals surface area contributed by atoms with Crippen LogP contribution in [0.25, 0.3) is 0 Å². The van der Waals surface area contributed by atoms with Gasteiger partial charge in [0, 0.05) is 29.1 Å². The van der Waals surface area contributed by atoms with E-state index >= 15 is 0 Å². The number of ketones is 1. The fraction of sp³-hybridized carbons (Fsp3) is 0.800. The fourth-order valence-corrected chi connectivity index (χ4v) is 1.33. The van der Waals surface area contributed by atoms with Crippen molar-refractivity contribution in [3.05, 3.63) is 0 Å². The predicted molar refractivity (Wildman–Crippen MR) is 34.7 cm³/mol. The van der Waals surface area contributed by atoms with Gasteiger partial charge in [-0.25, -0.2) is 3.93 Å². The molecule has 0 aromatic rings. The smallest absolute Gasteiger partial charge is 0.147 e. The molecule has 0 spiro atoms. The summed E-state index contributed by atoms with van der Waals surface area (Å²) in [6.45, 7) is 1.59. The first-order chi connectivity index (χ1) is 3.79. The average molecular weight is 178 g/mol. The summed E-state index contributed by atoms with van der Waals surface area (Å²) in [7, 11) is 0. The Balaban J connectivity index is 2.34. The fourth-order valence-electron chi connectivity index (χ4n) is 0.797. The molecule has 0 atom stereocenters. The molecule has 0 aromatic carbocycles. The number of halogens is 1. The van der Waals surface area contributed by atoms with Crippen LogP contribution in [0.3, 0.4) is 0 Å². The number of carbonyl (C=O) groups excluding carboxylic acids is 1. The van der Waals surface area contributed by atoms with Crippen LogP contribution in [-0.4, -0.2) is 22.8 Å². The highest BCUT2D eigenvalue weighted by molar-refractivity contribution is 9.07. The molecule has 0 unspecified atom stereocenters. The minimum Gasteiger partial charge on any atom is -0.298 e. The van der Waals surface area contributed by atoms with Gasteiger partial charge in [0.2, 0.25) is 0 Å². The van der Waals surface area contributed by atoms with Crippen molar-refractivity contribution in [1.82, 2.24) is 3.93 Å². The molecule has 1 rings (SSSR count). The topological polar surface area (TPSA) is 20.3 Å². The van der Waals surface area contributed by atoms with Crippen molar-refractivity contribution >= 4 is 21.9 Å². The van der Waals surface area contributed by atoms with E-state index in [9.17, 15) is 4.79 Å². The maximum atomic E-state index is 10.6. The molecule has 46 valence electrons. The van der Waals surface area contributed by atoms with Crippen LogP contribution in [0, 0.1) is 0 Å². The number of nitrogens with zero attached hydrogens (tertiary/aromatic N) is 1. The van der Waals surface area contributed by atoms with Gasteiger partial charge in [0.05, 0.1) is 6.54 Å². The number of hydrogen-bond donors (Lipinski definition) is 0. The lowest BCUT2D eigenvalue weighted by Gasteiger charge is -2.17. The Hall–Kier alpha value is 0.110. The molecule has 0 N–H and O–H groups in total. The van der Waals surface area contributed by atoms with E-state index in [0.717, 1.165) is 19.4 Å². The molecule has 3 heteroatoms. The van der Waals surface area contributed by atoms with E-state index in [4.69, 9.17) is 0 Å². The Morgan fingerprint density at radius 1 is 1.62 bits per heavy atom. The van der Waals surface area contributed by atoms with Crippen molar-refractivity contribution < 1.29 is 4.79 Å². The molecular weight excluding hydrogens is 170 g/mol. The normalized spacial score (nSPS) is 23.9. The van der Waals surface area contributed by atoms with Crippen molar-refractivity contribution in [2.45, 2.75) is 12.8 Å². The van der Waals surface area contributed by atoms with Gasteiger partial charge in [-0.05, 0) is 6.42 Å². The molecule has 0 radical (unpaired) electrons. The minimum atomic E-state index is 0.341. The zero-order chi connectivity index (χ0) is 5.98. The molecule has 1 saturated heterocycles. The summed E-state index contributed by atoms with van der Waals surface area (Å²) in [5.41, 5.74) is 0. The van der Waals surface area contributed by atoms with Gasteiger partial charge in [-0.3, -0.25) is 4.79 Å². The second kappa shape index (κ2) is 2.60. The van der Waals surface area contributed by atoms with Gasteiger partial charge in [0.25, 0.3) is 0 Å². The Kier molecular flexibility index (Phi) is 2.02. The number of Topliss-reactive ketones (excluding diaryl/α,β-unsaturated/α-hetero) is 1. The first-order valence-corrected chi connectivity index (χ1v) is 3.42. The minimum absolute atomic E-state index is 0.341. The monoisotopic (exact) mass is 177 g/mol. The third-order valence-electron chi connectivity index (χ3n) is 1.20. The van der Waals surface area contributed by atoms with E-state index in [1.54, 1.807) is 0 Å². The molecule has 2 nitrogen and oxygen atoms in total. The van der Waals surface area contributed by atoms with Gasteiger partial charge in [-0.2, -0.15) is 0 Å². The van der Waals surface area contributed by atoms with E-state index in [1.165, 1.54) is 0 Å². The first kappa shape index (κ1) is 6.23. The van der Waals surface area contributed by atoms with Crippen LogP contribution in [-0.2, 0) is 4.79 Å². The molecule has 0 aliphatic carbocycles. The summed E-state index contributed by atoms with van der Waals surface area (Å²) in [6.07, 6.45) is 1.77. The summed E-state index contributed by atoms with van der Waals surface area (Å²) >= 11 is 3.24. The van der Waals surface area contributed by atoms with Crippen LogP contribution in [0.15, 0.2) is 0 Å². The lowest BCUT2D eigenvalue weighted by molar-refractivity contribution is -0.120. The zero-order valence-corrected chi connectivity index (χ0v) is 6.15.